The highest BCUT2D eigenvalue weighted by Crippen LogP contribution is 2.18. The molecule has 0 saturated heterocycles. The average molecular weight is 317 g/mol. The summed E-state index contributed by atoms with van der Waals surface area (Å²) in [5.41, 5.74) is 3.51. The number of hydrazine groups is 1. The fourth-order valence-electron chi connectivity index (χ4n) is 2.01. The van der Waals surface area contributed by atoms with Gasteiger partial charge in [-0.3, -0.25) is 11.3 Å². The van der Waals surface area contributed by atoms with E-state index in [1.165, 1.54) is 25.3 Å². The minimum Gasteiger partial charge on any atom is -0.271 e. The van der Waals surface area contributed by atoms with E-state index >= 15 is 0 Å². The van der Waals surface area contributed by atoms with Crippen LogP contribution in [0.4, 0.5) is 4.39 Å². The molecule has 102 valence electrons. The Hall–Kier alpha value is -0.450. The Morgan fingerprint density at radius 1 is 1.33 bits per heavy atom. The fourth-order valence-corrected chi connectivity index (χ4v) is 2.35. The van der Waals surface area contributed by atoms with E-state index in [-0.39, 0.29) is 11.9 Å². The van der Waals surface area contributed by atoms with Crippen LogP contribution in [0.1, 0.15) is 44.6 Å². The van der Waals surface area contributed by atoms with Crippen LogP contribution < -0.4 is 11.3 Å². The van der Waals surface area contributed by atoms with Crippen molar-refractivity contribution < 1.29 is 4.39 Å². The van der Waals surface area contributed by atoms with E-state index in [9.17, 15) is 4.39 Å². The molecular weight excluding hydrogens is 295 g/mol. The van der Waals surface area contributed by atoms with Crippen molar-refractivity contribution in [3.05, 3.63) is 34.1 Å². The van der Waals surface area contributed by atoms with Crippen molar-refractivity contribution in [2.75, 3.05) is 0 Å². The number of halogens is 2. The first-order chi connectivity index (χ1) is 8.67. The minimum absolute atomic E-state index is 0.150. The van der Waals surface area contributed by atoms with Gasteiger partial charge < -0.3 is 0 Å². The molecule has 0 heterocycles. The number of benzene rings is 1. The van der Waals surface area contributed by atoms with Crippen molar-refractivity contribution in [2.24, 2.45) is 5.84 Å². The Kier molecular flexibility index (Phi) is 7.47. The Morgan fingerprint density at radius 2 is 2.11 bits per heavy atom. The third-order valence-electron chi connectivity index (χ3n) is 3.12. The Morgan fingerprint density at radius 3 is 2.72 bits per heavy atom. The third kappa shape index (κ3) is 5.46. The monoisotopic (exact) mass is 316 g/mol. The first kappa shape index (κ1) is 15.6. The molecule has 1 aromatic rings. The van der Waals surface area contributed by atoms with E-state index < -0.39 is 0 Å². The molecule has 0 saturated carbocycles. The Bertz CT molecular complexity index is 358. The van der Waals surface area contributed by atoms with Gasteiger partial charge in [-0.05, 0) is 30.5 Å². The second kappa shape index (κ2) is 8.62. The molecule has 1 aromatic carbocycles. The van der Waals surface area contributed by atoms with Gasteiger partial charge in [0, 0.05) is 10.5 Å². The molecular formula is C14H22BrFN2. The molecule has 4 heteroatoms. The summed E-state index contributed by atoms with van der Waals surface area (Å²) in [6.45, 7) is 2.19. The highest BCUT2D eigenvalue weighted by atomic mass is 79.9. The van der Waals surface area contributed by atoms with Gasteiger partial charge in [0.2, 0.25) is 0 Å². The SMILES string of the molecule is CCCCCCC(Cc1ccc(Br)cc1F)NN. The molecule has 1 unspecified atom stereocenters. The van der Waals surface area contributed by atoms with E-state index in [2.05, 4.69) is 28.3 Å². The lowest BCUT2D eigenvalue weighted by Gasteiger charge is -2.16. The number of nitrogens with two attached hydrogens (primary N) is 1. The van der Waals surface area contributed by atoms with Crippen molar-refractivity contribution in [1.29, 1.82) is 0 Å². The highest BCUT2D eigenvalue weighted by molar-refractivity contribution is 9.10. The van der Waals surface area contributed by atoms with Gasteiger partial charge in [0.25, 0.3) is 0 Å². The molecule has 0 bridgehead atoms. The smallest absolute Gasteiger partial charge is 0.127 e. The number of hydrogen-bond acceptors (Lipinski definition) is 2. The van der Waals surface area contributed by atoms with Crippen molar-refractivity contribution >= 4 is 15.9 Å². The maximum absolute atomic E-state index is 13.7. The van der Waals surface area contributed by atoms with Gasteiger partial charge in [-0.1, -0.05) is 54.6 Å². The molecule has 0 amide bonds. The molecule has 1 rings (SSSR count). The molecule has 0 aliphatic carbocycles. The molecule has 3 N–H and O–H groups in total. The molecule has 0 fully saturated rings. The second-order valence-corrected chi connectivity index (χ2v) is 5.57. The lowest BCUT2D eigenvalue weighted by molar-refractivity contribution is 0.455. The number of nitrogens with one attached hydrogen (secondary N) is 1. The summed E-state index contributed by atoms with van der Waals surface area (Å²) in [6, 6.07) is 5.33. The molecule has 0 radical (unpaired) electrons. The maximum Gasteiger partial charge on any atom is 0.127 e. The summed E-state index contributed by atoms with van der Waals surface area (Å²) in [5.74, 6) is 5.37. The lowest BCUT2D eigenvalue weighted by atomic mass is 10.0. The molecule has 0 aromatic heterocycles. The van der Waals surface area contributed by atoms with Gasteiger partial charge in [0.1, 0.15) is 5.82 Å². The summed E-state index contributed by atoms with van der Waals surface area (Å²) in [5, 5.41) is 0. The van der Waals surface area contributed by atoms with Crippen LogP contribution in [-0.2, 0) is 6.42 Å². The first-order valence-electron chi connectivity index (χ1n) is 6.57. The van der Waals surface area contributed by atoms with Crippen molar-refractivity contribution in [2.45, 2.75) is 51.5 Å². The van der Waals surface area contributed by atoms with Crippen LogP contribution in [0.5, 0.6) is 0 Å². The van der Waals surface area contributed by atoms with E-state index in [4.69, 9.17) is 5.84 Å². The van der Waals surface area contributed by atoms with E-state index in [0.29, 0.717) is 6.42 Å². The summed E-state index contributed by atoms with van der Waals surface area (Å²) in [7, 11) is 0. The lowest BCUT2D eigenvalue weighted by Crippen LogP contribution is -2.36. The van der Waals surface area contributed by atoms with Crippen LogP contribution in [0.25, 0.3) is 0 Å². The van der Waals surface area contributed by atoms with Gasteiger partial charge in [0.15, 0.2) is 0 Å². The van der Waals surface area contributed by atoms with E-state index in [0.717, 1.165) is 22.9 Å². The zero-order valence-corrected chi connectivity index (χ0v) is 12.5. The van der Waals surface area contributed by atoms with Gasteiger partial charge in [0.05, 0.1) is 0 Å². The van der Waals surface area contributed by atoms with E-state index in [1.807, 2.05) is 12.1 Å². The quantitative estimate of drug-likeness (QED) is 0.433. The van der Waals surface area contributed by atoms with Crippen LogP contribution in [-0.4, -0.2) is 6.04 Å². The summed E-state index contributed by atoms with van der Waals surface area (Å²) in [4.78, 5) is 0. The molecule has 0 aliphatic heterocycles. The Balaban J connectivity index is 2.46. The van der Waals surface area contributed by atoms with Crippen LogP contribution in [0.2, 0.25) is 0 Å². The zero-order valence-electron chi connectivity index (χ0n) is 10.9. The molecule has 18 heavy (non-hydrogen) atoms. The van der Waals surface area contributed by atoms with Crippen molar-refractivity contribution in [1.82, 2.24) is 5.43 Å². The third-order valence-corrected chi connectivity index (χ3v) is 3.62. The standard InChI is InChI=1S/C14H22BrFN2/c1-2-3-4-5-6-13(18-17)9-11-7-8-12(15)10-14(11)16/h7-8,10,13,18H,2-6,9,17H2,1H3. The van der Waals surface area contributed by atoms with Crippen LogP contribution in [0.15, 0.2) is 22.7 Å². The molecule has 0 aliphatic rings. The highest BCUT2D eigenvalue weighted by Gasteiger charge is 2.11. The van der Waals surface area contributed by atoms with Crippen LogP contribution >= 0.6 is 15.9 Å². The summed E-state index contributed by atoms with van der Waals surface area (Å²) < 4.78 is 14.5. The van der Waals surface area contributed by atoms with Gasteiger partial charge in [-0.2, -0.15) is 0 Å². The van der Waals surface area contributed by atoms with E-state index in [1.54, 1.807) is 0 Å². The number of unbranched alkanes of at least 4 members (excludes halogenated alkanes) is 3. The minimum atomic E-state index is -0.168. The number of rotatable bonds is 8. The van der Waals surface area contributed by atoms with Gasteiger partial charge in [-0.25, -0.2) is 4.39 Å². The summed E-state index contributed by atoms with van der Waals surface area (Å²) in [6.07, 6.45) is 6.47. The maximum atomic E-state index is 13.7. The number of hydrogen-bond donors (Lipinski definition) is 2. The molecule has 2 nitrogen and oxygen atoms in total. The van der Waals surface area contributed by atoms with Crippen molar-refractivity contribution in [3.63, 3.8) is 0 Å². The predicted octanol–water partition coefficient (Wildman–Crippen LogP) is 3.93. The Labute approximate surface area is 117 Å². The fraction of sp³-hybridized carbons (Fsp3) is 0.571. The zero-order chi connectivity index (χ0) is 13.4. The normalized spacial score (nSPS) is 12.7. The van der Waals surface area contributed by atoms with Crippen LogP contribution in [0, 0.1) is 5.82 Å². The van der Waals surface area contributed by atoms with Crippen LogP contribution in [0.3, 0.4) is 0 Å². The topological polar surface area (TPSA) is 38.0 Å². The first-order valence-corrected chi connectivity index (χ1v) is 7.36. The predicted molar refractivity (Wildman–Crippen MR) is 77.7 cm³/mol. The van der Waals surface area contributed by atoms with Crippen molar-refractivity contribution in [3.8, 4) is 0 Å². The summed E-state index contributed by atoms with van der Waals surface area (Å²) >= 11 is 3.26. The largest absolute Gasteiger partial charge is 0.271 e. The molecule has 1 atom stereocenters. The average Bonchev–Trinajstić information content (AvgIpc) is 2.35. The van der Waals surface area contributed by atoms with Gasteiger partial charge >= 0.3 is 0 Å². The van der Waals surface area contributed by atoms with Gasteiger partial charge in [-0.15, -0.1) is 0 Å². The molecule has 0 spiro atoms. The second-order valence-electron chi connectivity index (χ2n) is 4.65.